The van der Waals surface area contributed by atoms with Gasteiger partial charge in [-0.15, -0.1) is 0 Å². The van der Waals surface area contributed by atoms with Crippen LogP contribution in [0.25, 0.3) is 0 Å². The molecule has 1 fully saturated rings. The van der Waals surface area contributed by atoms with Gasteiger partial charge in [-0.1, -0.05) is 26.0 Å². The molecule has 7 heteroatoms. The summed E-state index contributed by atoms with van der Waals surface area (Å²) < 4.78 is 27.3. The molecule has 0 aliphatic carbocycles. The Morgan fingerprint density at radius 1 is 1.12 bits per heavy atom. The summed E-state index contributed by atoms with van der Waals surface area (Å²) in [5.41, 5.74) is 1.09. The first-order chi connectivity index (χ1) is 11.7. The summed E-state index contributed by atoms with van der Waals surface area (Å²) >= 11 is 0. The highest BCUT2D eigenvalue weighted by Gasteiger charge is 2.31. The van der Waals surface area contributed by atoms with E-state index >= 15 is 0 Å². The van der Waals surface area contributed by atoms with Gasteiger partial charge >= 0.3 is 0 Å². The number of piperazine rings is 1. The van der Waals surface area contributed by atoms with E-state index in [1.165, 1.54) is 4.31 Å². The zero-order valence-corrected chi connectivity index (χ0v) is 16.3. The van der Waals surface area contributed by atoms with Gasteiger partial charge in [0.15, 0.2) is 0 Å². The van der Waals surface area contributed by atoms with Gasteiger partial charge in [-0.05, 0) is 37.5 Å². The first-order valence-corrected chi connectivity index (χ1v) is 10.3. The lowest BCUT2D eigenvalue weighted by molar-refractivity contribution is -0.132. The first kappa shape index (κ1) is 19.9. The average Bonchev–Trinajstić information content (AvgIpc) is 2.59. The van der Waals surface area contributed by atoms with Crippen LogP contribution in [0, 0.1) is 0 Å². The monoisotopic (exact) mass is 367 g/mol. The third-order valence-corrected chi connectivity index (χ3v) is 6.53. The van der Waals surface area contributed by atoms with Crippen LogP contribution < -0.4 is 5.32 Å². The Kier molecular flexibility index (Phi) is 6.59. The molecule has 1 amide bonds. The van der Waals surface area contributed by atoms with E-state index in [9.17, 15) is 13.2 Å². The molecule has 1 aliphatic rings. The second-order valence-corrected chi connectivity index (χ2v) is 8.89. The van der Waals surface area contributed by atoms with Crippen LogP contribution in [0.3, 0.4) is 0 Å². The van der Waals surface area contributed by atoms with Crippen molar-refractivity contribution >= 4 is 15.9 Å². The molecule has 0 atom stereocenters. The molecule has 1 heterocycles. The van der Waals surface area contributed by atoms with Gasteiger partial charge < -0.3 is 10.2 Å². The number of sulfonamides is 1. The zero-order chi connectivity index (χ0) is 18.6. The first-order valence-electron chi connectivity index (χ1n) is 8.83. The molecule has 140 valence electrons. The number of nitrogens with one attached hydrogen (secondary N) is 1. The van der Waals surface area contributed by atoms with Crippen molar-refractivity contribution in [2.45, 2.75) is 44.6 Å². The van der Waals surface area contributed by atoms with E-state index in [2.05, 4.69) is 19.2 Å². The van der Waals surface area contributed by atoms with E-state index in [0.717, 1.165) is 18.7 Å². The summed E-state index contributed by atoms with van der Waals surface area (Å²) in [6.45, 7) is 10.3. The Morgan fingerprint density at radius 2 is 1.68 bits per heavy atom. The largest absolute Gasteiger partial charge is 0.339 e. The van der Waals surface area contributed by atoms with Crippen molar-refractivity contribution < 1.29 is 13.2 Å². The molecule has 2 rings (SSSR count). The second kappa shape index (κ2) is 8.29. The minimum absolute atomic E-state index is 0.119. The van der Waals surface area contributed by atoms with Crippen LogP contribution in [-0.2, 0) is 14.8 Å². The smallest absolute Gasteiger partial charge is 0.243 e. The summed E-state index contributed by atoms with van der Waals surface area (Å²) in [5.74, 6) is 0.199. The minimum Gasteiger partial charge on any atom is -0.339 e. The average molecular weight is 368 g/mol. The van der Waals surface area contributed by atoms with Gasteiger partial charge in [-0.3, -0.25) is 4.79 Å². The Bertz CT molecular complexity index is 678. The van der Waals surface area contributed by atoms with E-state index in [1.807, 2.05) is 12.1 Å². The maximum absolute atomic E-state index is 13.0. The molecule has 1 aromatic rings. The third kappa shape index (κ3) is 4.80. The predicted molar refractivity (Wildman–Crippen MR) is 99.0 cm³/mol. The van der Waals surface area contributed by atoms with Gasteiger partial charge in [0.2, 0.25) is 15.9 Å². The van der Waals surface area contributed by atoms with Crippen molar-refractivity contribution in [2.75, 3.05) is 32.7 Å². The fraction of sp³-hybridized carbons (Fsp3) is 0.611. The minimum atomic E-state index is -3.71. The number of hydrogen-bond donors (Lipinski definition) is 1. The van der Waals surface area contributed by atoms with E-state index < -0.39 is 10.0 Å². The van der Waals surface area contributed by atoms with Crippen LogP contribution in [0.15, 0.2) is 29.2 Å². The highest BCUT2D eigenvalue weighted by Crippen LogP contribution is 2.22. The van der Waals surface area contributed by atoms with Crippen LogP contribution in [-0.4, -0.2) is 62.3 Å². The molecule has 1 aliphatic heterocycles. The predicted octanol–water partition coefficient (Wildman–Crippen LogP) is 1.64. The number of nitrogens with zero attached hydrogens (tertiary/aromatic N) is 2. The number of benzene rings is 1. The number of carbonyl (C=O) groups excluding carboxylic acids is 1. The van der Waals surface area contributed by atoms with Crippen LogP contribution in [0.4, 0.5) is 0 Å². The molecule has 6 nitrogen and oxygen atoms in total. The highest BCUT2D eigenvalue weighted by atomic mass is 32.2. The summed E-state index contributed by atoms with van der Waals surface area (Å²) in [6, 6.07) is 6.66. The quantitative estimate of drug-likeness (QED) is 0.830. The van der Waals surface area contributed by atoms with Crippen LogP contribution in [0.2, 0.25) is 0 Å². The van der Waals surface area contributed by atoms with Crippen molar-refractivity contribution in [1.82, 2.24) is 14.5 Å². The summed E-state index contributed by atoms with van der Waals surface area (Å²) in [7, 11) is -3.71. The normalized spacial score (nSPS) is 16.0. The molecule has 0 aromatic heterocycles. The van der Waals surface area contributed by atoms with Crippen LogP contribution >= 0.6 is 0 Å². The fourth-order valence-corrected chi connectivity index (χ4v) is 4.44. The van der Waals surface area contributed by atoms with E-state index in [0.29, 0.717) is 19.0 Å². The highest BCUT2D eigenvalue weighted by molar-refractivity contribution is 7.89. The second-order valence-electron chi connectivity index (χ2n) is 7.00. The fourth-order valence-electron chi connectivity index (χ4n) is 2.85. The number of rotatable bonds is 6. The Morgan fingerprint density at radius 3 is 2.16 bits per heavy atom. The molecular formula is C18H29N3O3S. The molecule has 0 saturated carbocycles. The number of amides is 1. The molecule has 1 N–H and O–H groups in total. The van der Waals surface area contributed by atoms with E-state index in [1.54, 1.807) is 30.9 Å². The lowest BCUT2D eigenvalue weighted by atomic mass is 10.0. The zero-order valence-electron chi connectivity index (χ0n) is 15.5. The van der Waals surface area contributed by atoms with Crippen molar-refractivity contribution in [3.63, 3.8) is 0 Å². The van der Waals surface area contributed by atoms with Crippen molar-refractivity contribution in [2.24, 2.45) is 0 Å². The summed E-state index contributed by atoms with van der Waals surface area (Å²) in [6.07, 6.45) is 0. The van der Waals surface area contributed by atoms with Gasteiger partial charge in [0, 0.05) is 32.2 Å². The molecule has 0 unspecified atom stereocenters. The van der Waals surface area contributed by atoms with Gasteiger partial charge in [-0.25, -0.2) is 8.42 Å². The van der Waals surface area contributed by atoms with Crippen LogP contribution in [0.5, 0.6) is 0 Å². The van der Waals surface area contributed by atoms with Gasteiger partial charge in [-0.2, -0.15) is 4.31 Å². The van der Waals surface area contributed by atoms with Gasteiger partial charge in [0.05, 0.1) is 11.4 Å². The molecule has 1 saturated heterocycles. The maximum Gasteiger partial charge on any atom is 0.243 e. The van der Waals surface area contributed by atoms with Crippen molar-refractivity contribution in [1.29, 1.82) is 0 Å². The Balaban J connectivity index is 2.20. The summed E-state index contributed by atoms with van der Waals surface area (Å²) in [5, 5.41) is 3.19. The number of carbonyl (C=O) groups is 1. The Labute approximate surface area is 151 Å². The number of hydrogen-bond acceptors (Lipinski definition) is 4. The molecule has 25 heavy (non-hydrogen) atoms. The van der Waals surface area contributed by atoms with E-state index in [-0.39, 0.29) is 23.4 Å². The van der Waals surface area contributed by atoms with Crippen LogP contribution in [0.1, 0.15) is 39.2 Å². The van der Waals surface area contributed by atoms with Crippen molar-refractivity contribution in [3.05, 3.63) is 29.8 Å². The maximum atomic E-state index is 13.0. The molecule has 0 bridgehead atoms. The molecule has 0 radical (unpaired) electrons. The SMILES string of the molecule is CC(C)c1ccc(S(=O)(=O)N(CC(=O)N2CCNCC2)C(C)C)cc1. The molecular weight excluding hydrogens is 338 g/mol. The van der Waals surface area contributed by atoms with Gasteiger partial charge in [0.25, 0.3) is 0 Å². The lowest BCUT2D eigenvalue weighted by Crippen LogP contribution is -2.51. The van der Waals surface area contributed by atoms with Gasteiger partial charge in [0.1, 0.15) is 0 Å². The van der Waals surface area contributed by atoms with E-state index in [4.69, 9.17) is 0 Å². The Hall–Kier alpha value is -1.44. The topological polar surface area (TPSA) is 69.7 Å². The standard InChI is InChI=1S/C18H29N3O3S/c1-14(2)16-5-7-17(8-6-16)25(23,24)21(15(3)4)13-18(22)20-11-9-19-10-12-20/h5-8,14-15,19H,9-13H2,1-4H3. The summed E-state index contributed by atoms with van der Waals surface area (Å²) in [4.78, 5) is 14.5. The van der Waals surface area contributed by atoms with Crippen molar-refractivity contribution in [3.8, 4) is 0 Å². The molecule has 0 spiro atoms. The lowest BCUT2D eigenvalue weighted by Gasteiger charge is -2.31. The third-order valence-electron chi connectivity index (χ3n) is 4.49. The molecule has 1 aromatic carbocycles.